The summed E-state index contributed by atoms with van der Waals surface area (Å²) in [6.45, 7) is 1.16. The number of ether oxygens (including phenoxy) is 1. The lowest BCUT2D eigenvalue weighted by Crippen LogP contribution is -2.37. The number of nitro groups is 1. The van der Waals surface area contributed by atoms with Crippen molar-refractivity contribution in [1.29, 1.82) is 0 Å². The predicted octanol–water partition coefficient (Wildman–Crippen LogP) is 5.14. The molecule has 0 saturated carbocycles. The number of hydrogen-bond acceptors (Lipinski definition) is 10. The molecule has 0 atom stereocenters. The minimum Gasteiger partial charge on any atom is -0.497 e. The van der Waals surface area contributed by atoms with Crippen LogP contribution in [0.15, 0.2) is 46.4 Å². The molecule has 0 fully saturated rings. The number of nitrogens with zero attached hydrogens (tertiary/aromatic N) is 5. The Balaban J connectivity index is 1.35. The SMILES string of the molecule is COc1ccc2c(c1)CN(C(=O)C(=O)CCCSSCCNC(=O)c1ccc(N=[N+]=[N-])cc1[N+](=O)[O-])CCS2. The number of nitro benzene ring substituents is 1. The summed E-state index contributed by atoms with van der Waals surface area (Å²) < 4.78 is 5.28. The van der Waals surface area contributed by atoms with Crippen LogP contribution in [0.1, 0.15) is 28.8 Å². The topological polar surface area (TPSA) is 168 Å². The van der Waals surface area contributed by atoms with E-state index in [0.29, 0.717) is 36.8 Å². The fourth-order valence-corrected chi connectivity index (χ4v) is 6.64. The molecule has 0 spiro atoms. The molecule has 1 aliphatic rings. The van der Waals surface area contributed by atoms with Crippen LogP contribution in [-0.4, -0.2) is 64.9 Å². The molecule has 3 rings (SSSR count). The summed E-state index contributed by atoms with van der Waals surface area (Å²) >= 11 is 1.66. The van der Waals surface area contributed by atoms with Crippen molar-refractivity contribution in [1.82, 2.24) is 10.2 Å². The van der Waals surface area contributed by atoms with Gasteiger partial charge in [0.2, 0.25) is 5.78 Å². The Bertz CT molecular complexity index is 1290. The second kappa shape index (κ2) is 15.3. The molecule has 2 aromatic carbocycles. The van der Waals surface area contributed by atoms with Crippen molar-refractivity contribution < 1.29 is 24.0 Å². The number of nitrogens with one attached hydrogen (secondary N) is 1. The lowest BCUT2D eigenvalue weighted by atomic mass is 10.1. The first-order chi connectivity index (χ1) is 18.8. The van der Waals surface area contributed by atoms with Crippen LogP contribution >= 0.6 is 33.3 Å². The van der Waals surface area contributed by atoms with Gasteiger partial charge in [-0.1, -0.05) is 32.8 Å². The van der Waals surface area contributed by atoms with Crippen LogP contribution < -0.4 is 10.1 Å². The molecule has 0 radical (unpaired) electrons. The third-order valence-electron chi connectivity index (χ3n) is 5.54. The first-order valence-corrected chi connectivity index (χ1v) is 15.3. The molecule has 2 amide bonds. The molecule has 1 aliphatic heterocycles. The maximum atomic E-state index is 12.7. The van der Waals surface area contributed by atoms with Crippen molar-refractivity contribution in [3.8, 4) is 5.75 Å². The summed E-state index contributed by atoms with van der Waals surface area (Å²) in [6, 6.07) is 9.39. The van der Waals surface area contributed by atoms with Crippen molar-refractivity contribution in [2.75, 3.05) is 37.5 Å². The van der Waals surface area contributed by atoms with E-state index in [0.717, 1.165) is 22.3 Å². The highest BCUT2D eigenvalue weighted by molar-refractivity contribution is 8.76. The number of thioether (sulfide) groups is 1. The fourth-order valence-electron chi connectivity index (χ4n) is 3.64. The fraction of sp³-hybridized carbons (Fsp3) is 0.375. The van der Waals surface area contributed by atoms with Gasteiger partial charge >= 0.3 is 0 Å². The average molecular weight is 591 g/mol. The smallest absolute Gasteiger partial charge is 0.290 e. The molecular formula is C24H26N6O6S3. The zero-order chi connectivity index (χ0) is 28.2. The standard InChI is InChI=1S/C24H26N6O6S3/c1-36-18-5-7-22-16(13-18)15-29(9-12-37-22)24(33)21(31)3-2-10-38-39-11-8-26-23(32)19-6-4-17(27-28-25)14-20(19)30(34)35/h4-7,13-14H,2-3,8-12,15H2,1H3,(H,26,32). The first kappa shape index (κ1) is 30.2. The van der Waals surface area contributed by atoms with Gasteiger partial charge in [-0.15, -0.1) is 11.8 Å². The second-order valence-corrected chi connectivity index (χ2v) is 12.0. The van der Waals surface area contributed by atoms with E-state index < -0.39 is 28.2 Å². The highest BCUT2D eigenvalue weighted by atomic mass is 33.1. The van der Waals surface area contributed by atoms with Crippen molar-refractivity contribution in [3.05, 3.63) is 68.1 Å². The number of methoxy groups -OCH3 is 1. The molecule has 206 valence electrons. The van der Waals surface area contributed by atoms with Crippen LogP contribution in [0, 0.1) is 10.1 Å². The molecule has 0 saturated heterocycles. The third kappa shape index (κ3) is 8.82. The van der Waals surface area contributed by atoms with Gasteiger partial charge in [0.15, 0.2) is 0 Å². The largest absolute Gasteiger partial charge is 0.497 e. The van der Waals surface area contributed by atoms with Crippen LogP contribution in [0.3, 0.4) is 0 Å². The number of Topliss-reactive ketones (excluding diaryl/α,β-unsaturated/α-hetero) is 1. The maximum absolute atomic E-state index is 12.7. The van der Waals surface area contributed by atoms with E-state index in [1.54, 1.807) is 23.8 Å². The summed E-state index contributed by atoms with van der Waals surface area (Å²) in [7, 11) is 4.60. The van der Waals surface area contributed by atoms with Gasteiger partial charge in [0.05, 0.1) is 12.0 Å². The Labute approximate surface area is 236 Å². The van der Waals surface area contributed by atoms with Gasteiger partial charge in [-0.2, -0.15) is 0 Å². The lowest BCUT2D eigenvalue weighted by molar-refractivity contribution is -0.385. The van der Waals surface area contributed by atoms with E-state index in [-0.39, 0.29) is 24.2 Å². The Morgan fingerprint density at radius 1 is 1.23 bits per heavy atom. The Morgan fingerprint density at radius 2 is 2.03 bits per heavy atom. The van der Waals surface area contributed by atoms with Gasteiger partial charge in [-0.05, 0) is 41.8 Å². The number of fused-ring (bicyclic) bond motifs is 1. The first-order valence-electron chi connectivity index (χ1n) is 11.8. The number of hydrogen-bond donors (Lipinski definition) is 1. The minimum atomic E-state index is -0.705. The minimum absolute atomic E-state index is 0.0457. The molecule has 15 heteroatoms. The van der Waals surface area contributed by atoms with Crippen molar-refractivity contribution in [2.45, 2.75) is 24.3 Å². The molecule has 1 N–H and O–H groups in total. The Morgan fingerprint density at radius 3 is 2.77 bits per heavy atom. The molecule has 2 aromatic rings. The molecule has 12 nitrogen and oxygen atoms in total. The molecule has 0 unspecified atom stereocenters. The predicted molar refractivity (Wildman–Crippen MR) is 153 cm³/mol. The summed E-state index contributed by atoms with van der Waals surface area (Å²) in [5.74, 6) is 1.16. The number of ketones is 1. The van der Waals surface area contributed by atoms with E-state index in [9.17, 15) is 24.5 Å². The Hall–Kier alpha value is -3.39. The summed E-state index contributed by atoms with van der Waals surface area (Å²) in [5.41, 5.74) is 8.92. The quantitative estimate of drug-likeness (QED) is 0.0485. The molecular weight excluding hydrogens is 565 g/mol. The lowest BCUT2D eigenvalue weighted by Gasteiger charge is -2.20. The van der Waals surface area contributed by atoms with Gasteiger partial charge in [0.25, 0.3) is 17.5 Å². The maximum Gasteiger partial charge on any atom is 0.290 e. The monoisotopic (exact) mass is 590 g/mol. The number of rotatable bonds is 13. The number of carbonyl (C=O) groups is 3. The molecule has 0 bridgehead atoms. The Kier molecular flexibility index (Phi) is 11.8. The summed E-state index contributed by atoms with van der Waals surface area (Å²) in [4.78, 5) is 53.4. The van der Waals surface area contributed by atoms with Gasteiger partial charge in [0, 0.05) is 64.9 Å². The summed E-state index contributed by atoms with van der Waals surface area (Å²) in [6.07, 6.45) is 0.707. The highest BCUT2D eigenvalue weighted by Gasteiger charge is 2.25. The van der Waals surface area contributed by atoms with Gasteiger partial charge < -0.3 is 15.0 Å². The molecule has 39 heavy (non-hydrogen) atoms. The van der Waals surface area contributed by atoms with E-state index in [4.69, 9.17) is 10.3 Å². The van der Waals surface area contributed by atoms with E-state index in [1.807, 2.05) is 18.2 Å². The van der Waals surface area contributed by atoms with Gasteiger partial charge in [-0.3, -0.25) is 24.5 Å². The van der Waals surface area contributed by atoms with E-state index >= 15 is 0 Å². The van der Waals surface area contributed by atoms with E-state index in [1.165, 1.54) is 33.7 Å². The van der Waals surface area contributed by atoms with Crippen LogP contribution in [0.25, 0.3) is 10.4 Å². The average Bonchev–Trinajstić information content (AvgIpc) is 3.15. The molecule has 0 aliphatic carbocycles. The third-order valence-corrected chi connectivity index (χ3v) is 9.13. The summed E-state index contributed by atoms with van der Waals surface area (Å²) in [5, 5.41) is 17.2. The van der Waals surface area contributed by atoms with Crippen LogP contribution in [-0.2, 0) is 16.1 Å². The highest BCUT2D eigenvalue weighted by Crippen LogP contribution is 2.31. The van der Waals surface area contributed by atoms with Gasteiger partial charge in [0.1, 0.15) is 11.3 Å². The van der Waals surface area contributed by atoms with Gasteiger partial charge in [-0.25, -0.2) is 0 Å². The second-order valence-electron chi connectivity index (χ2n) is 8.12. The van der Waals surface area contributed by atoms with E-state index in [2.05, 4.69) is 15.3 Å². The number of amides is 2. The molecule has 0 aromatic heterocycles. The molecule has 1 heterocycles. The number of azide groups is 1. The number of benzene rings is 2. The normalized spacial score (nSPS) is 12.5. The van der Waals surface area contributed by atoms with Crippen LogP contribution in [0.4, 0.5) is 11.4 Å². The van der Waals surface area contributed by atoms with Crippen molar-refractivity contribution >= 4 is 62.3 Å². The van der Waals surface area contributed by atoms with Crippen molar-refractivity contribution in [3.63, 3.8) is 0 Å². The van der Waals surface area contributed by atoms with Crippen LogP contribution in [0.2, 0.25) is 0 Å². The van der Waals surface area contributed by atoms with Crippen molar-refractivity contribution in [2.24, 2.45) is 5.11 Å². The van der Waals surface area contributed by atoms with Crippen LogP contribution in [0.5, 0.6) is 5.75 Å². The zero-order valence-corrected chi connectivity index (χ0v) is 23.5. The number of carbonyl (C=O) groups excluding carboxylic acids is 3. The zero-order valence-electron chi connectivity index (χ0n) is 21.0.